The lowest BCUT2D eigenvalue weighted by atomic mass is 9.73. The Morgan fingerprint density at radius 2 is 1.12 bits per heavy atom. The average Bonchev–Trinajstić information content (AvgIpc) is 3.72. The lowest BCUT2D eigenvalue weighted by Crippen LogP contribution is -2.50. The summed E-state index contributed by atoms with van der Waals surface area (Å²) in [7, 11) is 2.69. The molecule has 0 saturated carbocycles. The monoisotopic (exact) mass is 820 g/mol. The van der Waals surface area contributed by atoms with E-state index in [-0.39, 0.29) is 28.4 Å². The van der Waals surface area contributed by atoms with Gasteiger partial charge in [0.25, 0.3) is 0 Å². The molecule has 4 aromatic carbocycles. The summed E-state index contributed by atoms with van der Waals surface area (Å²) in [5.41, 5.74) is -3.62. The second kappa shape index (κ2) is 17.6. The lowest BCUT2D eigenvalue weighted by molar-refractivity contribution is -0.267. The highest BCUT2D eigenvalue weighted by molar-refractivity contribution is 5.85. The van der Waals surface area contributed by atoms with Crippen molar-refractivity contribution in [1.29, 1.82) is 0 Å². The molecule has 2 heterocycles. The highest BCUT2D eigenvalue weighted by Crippen LogP contribution is 2.45. The van der Waals surface area contributed by atoms with E-state index in [0.29, 0.717) is 11.0 Å². The van der Waals surface area contributed by atoms with Gasteiger partial charge in [0.05, 0.1) is 14.2 Å². The van der Waals surface area contributed by atoms with E-state index >= 15 is 0 Å². The number of fused-ring (bicyclic) bond motifs is 2. The SMILES string of the molecule is COc1ccc(F)cc1C(C)(C)CC(=O)C(F)(F)F.COc1ccc(F)cc1C(C)(C)CC(O)(Cc1cc2ccccc2o1)C(F)(F)F.Cc1cc2ccccc2o1. The molecule has 0 amide bonds. The van der Waals surface area contributed by atoms with Gasteiger partial charge in [-0.3, -0.25) is 4.79 Å². The third-order valence-corrected chi connectivity index (χ3v) is 9.45. The number of alkyl halides is 6. The number of furan rings is 2. The number of carbonyl (C=O) groups is 1. The highest BCUT2D eigenvalue weighted by Gasteiger charge is 2.56. The number of aryl methyl sites for hydroxylation is 1. The summed E-state index contributed by atoms with van der Waals surface area (Å²) in [5, 5.41) is 12.6. The Hall–Kier alpha value is -5.37. The van der Waals surface area contributed by atoms with Gasteiger partial charge >= 0.3 is 12.4 Å². The predicted molar refractivity (Wildman–Crippen MR) is 204 cm³/mol. The number of rotatable bonds is 10. The van der Waals surface area contributed by atoms with Crippen molar-refractivity contribution in [3.8, 4) is 11.5 Å². The fraction of sp³-hybridized carbons (Fsp3) is 0.341. The number of carbonyl (C=O) groups excluding carboxylic acids is 1. The molecule has 6 rings (SSSR count). The van der Waals surface area contributed by atoms with Crippen molar-refractivity contribution in [1.82, 2.24) is 0 Å². The zero-order valence-electron chi connectivity index (χ0n) is 32.9. The first-order valence-electron chi connectivity index (χ1n) is 17.9. The van der Waals surface area contributed by atoms with Crippen LogP contribution in [-0.2, 0) is 22.0 Å². The Morgan fingerprint density at radius 3 is 1.57 bits per heavy atom. The van der Waals surface area contributed by atoms with Gasteiger partial charge in [-0.2, -0.15) is 26.3 Å². The minimum absolute atomic E-state index is 0.0213. The second-order valence-electron chi connectivity index (χ2n) is 15.1. The Balaban J connectivity index is 0.000000218. The van der Waals surface area contributed by atoms with Gasteiger partial charge in [-0.05, 0) is 79.4 Å². The molecule has 312 valence electrons. The molecule has 0 aliphatic heterocycles. The van der Waals surface area contributed by atoms with E-state index in [1.807, 2.05) is 37.3 Å². The lowest BCUT2D eigenvalue weighted by Gasteiger charge is -2.38. The predicted octanol–water partition coefficient (Wildman–Crippen LogP) is 12.2. The van der Waals surface area contributed by atoms with E-state index in [0.717, 1.165) is 29.5 Å². The van der Waals surface area contributed by atoms with Crippen molar-refractivity contribution in [3.05, 3.63) is 131 Å². The van der Waals surface area contributed by atoms with Gasteiger partial charge < -0.3 is 23.4 Å². The topological polar surface area (TPSA) is 82.0 Å². The first-order valence-corrected chi connectivity index (χ1v) is 17.9. The van der Waals surface area contributed by atoms with Gasteiger partial charge in [0.15, 0.2) is 5.60 Å². The maximum absolute atomic E-state index is 14.0. The number of hydrogen-bond acceptors (Lipinski definition) is 6. The van der Waals surface area contributed by atoms with E-state index in [1.165, 1.54) is 71.6 Å². The van der Waals surface area contributed by atoms with Crippen LogP contribution in [0.15, 0.2) is 106 Å². The van der Waals surface area contributed by atoms with Gasteiger partial charge in [0, 0.05) is 40.2 Å². The van der Waals surface area contributed by atoms with Crippen molar-refractivity contribution >= 4 is 27.7 Å². The summed E-state index contributed by atoms with van der Waals surface area (Å²) < 4.78 is 127. The number of hydrogen-bond donors (Lipinski definition) is 1. The largest absolute Gasteiger partial charge is 0.496 e. The molecule has 0 saturated heterocycles. The van der Waals surface area contributed by atoms with E-state index < -0.39 is 65.5 Å². The molecule has 0 radical (unpaired) electrons. The van der Waals surface area contributed by atoms with Crippen LogP contribution in [0.3, 0.4) is 0 Å². The summed E-state index contributed by atoms with van der Waals surface area (Å²) in [6, 6.07) is 25.6. The molecule has 0 aliphatic carbocycles. The molecule has 0 fully saturated rings. The van der Waals surface area contributed by atoms with Crippen LogP contribution >= 0.6 is 0 Å². The van der Waals surface area contributed by atoms with Crippen LogP contribution in [0.1, 0.15) is 63.2 Å². The molecule has 0 bridgehead atoms. The van der Waals surface area contributed by atoms with E-state index in [2.05, 4.69) is 0 Å². The smallest absolute Gasteiger partial charge is 0.450 e. The Bertz CT molecular complexity index is 2250. The van der Waals surface area contributed by atoms with E-state index in [4.69, 9.17) is 18.3 Å². The minimum atomic E-state index is -4.93. The molecule has 6 aromatic rings. The number of ketones is 1. The third-order valence-electron chi connectivity index (χ3n) is 9.45. The summed E-state index contributed by atoms with van der Waals surface area (Å²) in [6.07, 6.45) is -12.1. The molecule has 6 nitrogen and oxygen atoms in total. The van der Waals surface area contributed by atoms with Gasteiger partial charge in [-0.15, -0.1) is 0 Å². The van der Waals surface area contributed by atoms with Crippen molar-refractivity contribution in [3.63, 3.8) is 0 Å². The van der Waals surface area contributed by atoms with E-state index in [1.54, 1.807) is 24.3 Å². The maximum atomic E-state index is 14.0. The maximum Gasteiger partial charge on any atom is 0.450 e. The third kappa shape index (κ3) is 11.2. The molecule has 2 aromatic heterocycles. The number of benzene rings is 4. The summed E-state index contributed by atoms with van der Waals surface area (Å²) >= 11 is 0. The number of methoxy groups -OCH3 is 2. The van der Waals surface area contributed by atoms with Crippen molar-refractivity contribution in [2.24, 2.45) is 0 Å². The molecule has 14 heteroatoms. The van der Waals surface area contributed by atoms with Crippen LogP contribution in [0.5, 0.6) is 11.5 Å². The normalized spacial score (nSPS) is 13.2. The summed E-state index contributed by atoms with van der Waals surface area (Å²) in [6.45, 7) is 7.86. The Kier molecular flexibility index (Phi) is 13.8. The zero-order chi connectivity index (χ0) is 43.3. The van der Waals surface area contributed by atoms with Crippen LogP contribution in [0.4, 0.5) is 35.1 Å². The standard InChI is InChI=1S/C22H22F4O3.C13H14F4O2.C9H8O/c1-20(2,17-11-15(23)8-9-19(17)28-3)13-21(27,22(24,25)26)12-16-10-14-6-4-5-7-18(14)29-16;1-12(2,7-11(18)13(15,16)17)9-6-8(14)4-5-10(9)19-3;1-7-6-8-4-2-3-5-9(8)10-7/h4-11,27H,12-13H2,1-3H3;4-6H,7H2,1-3H3;2-6H,1H3. The van der Waals surface area contributed by atoms with Crippen LogP contribution in [-0.4, -0.2) is 43.1 Å². The Labute approximate surface area is 330 Å². The zero-order valence-corrected chi connectivity index (χ0v) is 32.9. The minimum Gasteiger partial charge on any atom is -0.496 e. The van der Waals surface area contributed by atoms with Crippen molar-refractivity contribution in [2.75, 3.05) is 14.2 Å². The molecule has 1 unspecified atom stereocenters. The first-order chi connectivity index (χ1) is 26.9. The summed E-state index contributed by atoms with van der Waals surface area (Å²) in [5.74, 6) is -1.53. The number of ether oxygens (including phenoxy) is 2. The van der Waals surface area contributed by atoms with Crippen molar-refractivity contribution < 1.29 is 63.3 Å². The molecule has 1 N–H and O–H groups in total. The Morgan fingerprint density at radius 1 is 0.655 bits per heavy atom. The van der Waals surface area contributed by atoms with Crippen LogP contribution < -0.4 is 9.47 Å². The van der Waals surface area contributed by atoms with Crippen LogP contribution in [0.25, 0.3) is 21.9 Å². The highest BCUT2D eigenvalue weighted by atomic mass is 19.4. The molecule has 0 aliphatic rings. The van der Waals surface area contributed by atoms with Crippen LogP contribution in [0, 0.1) is 18.6 Å². The van der Waals surface area contributed by atoms with E-state index in [9.17, 15) is 45.0 Å². The van der Waals surface area contributed by atoms with Gasteiger partial charge in [0.1, 0.15) is 45.8 Å². The number of aliphatic hydroxyl groups is 1. The van der Waals surface area contributed by atoms with Gasteiger partial charge in [-0.25, -0.2) is 8.78 Å². The van der Waals surface area contributed by atoms with Crippen LogP contribution in [0.2, 0.25) is 0 Å². The number of halogens is 8. The number of Topliss-reactive ketones (excluding diaryl/α,β-unsaturated/α-hetero) is 1. The fourth-order valence-electron chi connectivity index (χ4n) is 6.63. The van der Waals surface area contributed by atoms with Crippen molar-refractivity contribution in [2.45, 2.75) is 82.7 Å². The first kappa shape index (κ1) is 45.3. The van der Waals surface area contributed by atoms with Gasteiger partial charge in [-0.1, -0.05) is 64.1 Å². The molecular weight excluding hydrogens is 776 g/mol. The summed E-state index contributed by atoms with van der Waals surface area (Å²) in [4.78, 5) is 11.1. The van der Waals surface area contributed by atoms with Gasteiger partial charge in [0.2, 0.25) is 5.78 Å². The molecule has 1 atom stereocenters. The quantitative estimate of drug-likeness (QED) is 0.139. The second-order valence-corrected chi connectivity index (χ2v) is 15.1. The fourth-order valence-corrected chi connectivity index (χ4v) is 6.63. The average molecular weight is 821 g/mol. The number of para-hydroxylation sites is 2. The molecule has 58 heavy (non-hydrogen) atoms. The molecule has 0 spiro atoms. The molecular formula is C44H44F8O6.